The molecule has 0 unspecified atom stereocenters. The summed E-state index contributed by atoms with van der Waals surface area (Å²) in [6.45, 7) is 2.89. The SMILES string of the molecule is Nc1ccc(CN2CC[C@@H](Nc3ncc(Cl)c(-c4c[nH]c5ccccc45)n3)C2)cc1. The molecule has 3 heterocycles. The number of hydrogen-bond acceptors (Lipinski definition) is 5. The molecule has 1 fully saturated rings. The monoisotopic (exact) mass is 418 g/mol. The molecule has 1 atom stereocenters. The van der Waals surface area contributed by atoms with Crippen LogP contribution >= 0.6 is 11.6 Å². The van der Waals surface area contributed by atoms with Crippen LogP contribution in [0.4, 0.5) is 11.6 Å². The van der Waals surface area contributed by atoms with E-state index in [0.717, 1.165) is 53.9 Å². The maximum Gasteiger partial charge on any atom is 0.223 e. The zero-order chi connectivity index (χ0) is 20.5. The zero-order valence-corrected chi connectivity index (χ0v) is 17.2. The summed E-state index contributed by atoms with van der Waals surface area (Å²) in [5.41, 5.74) is 10.6. The van der Waals surface area contributed by atoms with Gasteiger partial charge in [-0.25, -0.2) is 9.97 Å². The van der Waals surface area contributed by atoms with Crippen molar-refractivity contribution in [2.45, 2.75) is 19.0 Å². The van der Waals surface area contributed by atoms with Crippen LogP contribution in [0.25, 0.3) is 22.2 Å². The minimum Gasteiger partial charge on any atom is -0.399 e. The molecule has 0 bridgehead atoms. The van der Waals surface area contributed by atoms with E-state index >= 15 is 0 Å². The van der Waals surface area contributed by atoms with E-state index in [-0.39, 0.29) is 0 Å². The number of nitrogens with one attached hydrogen (secondary N) is 2. The zero-order valence-electron chi connectivity index (χ0n) is 16.5. The Balaban J connectivity index is 1.30. The first-order valence-electron chi connectivity index (χ1n) is 10.1. The van der Waals surface area contributed by atoms with Gasteiger partial charge >= 0.3 is 0 Å². The van der Waals surface area contributed by atoms with Crippen molar-refractivity contribution in [2.24, 2.45) is 0 Å². The average Bonchev–Trinajstić information content (AvgIpc) is 3.38. The summed E-state index contributed by atoms with van der Waals surface area (Å²) in [6, 6.07) is 16.5. The number of rotatable bonds is 5. The Kier molecular flexibility index (Phi) is 5.02. The van der Waals surface area contributed by atoms with Crippen LogP contribution in [0.1, 0.15) is 12.0 Å². The van der Waals surface area contributed by atoms with Gasteiger partial charge in [0.1, 0.15) is 0 Å². The maximum absolute atomic E-state index is 6.45. The third-order valence-corrected chi connectivity index (χ3v) is 5.86. The molecule has 2 aromatic heterocycles. The summed E-state index contributed by atoms with van der Waals surface area (Å²) < 4.78 is 0. The van der Waals surface area contributed by atoms with Crippen molar-refractivity contribution in [1.29, 1.82) is 0 Å². The minimum atomic E-state index is 0.302. The third kappa shape index (κ3) is 3.84. The number of anilines is 2. The molecule has 0 aliphatic carbocycles. The summed E-state index contributed by atoms with van der Waals surface area (Å²) in [4.78, 5) is 14.9. The fourth-order valence-electron chi connectivity index (χ4n) is 4.05. The molecule has 5 rings (SSSR count). The molecule has 2 aromatic carbocycles. The second kappa shape index (κ2) is 7.97. The maximum atomic E-state index is 6.45. The Morgan fingerprint density at radius 2 is 2.00 bits per heavy atom. The van der Waals surface area contributed by atoms with Crippen LogP contribution in [0, 0.1) is 0 Å². The minimum absolute atomic E-state index is 0.302. The molecule has 0 amide bonds. The molecule has 0 saturated carbocycles. The Labute approximate surface area is 180 Å². The second-order valence-corrected chi connectivity index (χ2v) is 8.15. The topological polar surface area (TPSA) is 82.9 Å². The quantitative estimate of drug-likeness (QED) is 0.414. The molecule has 30 heavy (non-hydrogen) atoms. The first kappa shape index (κ1) is 18.9. The van der Waals surface area contributed by atoms with Gasteiger partial charge in [0.05, 0.1) is 16.9 Å². The summed E-state index contributed by atoms with van der Waals surface area (Å²) in [7, 11) is 0. The van der Waals surface area contributed by atoms with E-state index in [1.165, 1.54) is 5.56 Å². The van der Waals surface area contributed by atoms with Crippen LogP contribution < -0.4 is 11.1 Å². The highest BCUT2D eigenvalue weighted by Crippen LogP contribution is 2.32. The number of aromatic nitrogens is 3. The molecule has 1 aliphatic heterocycles. The number of para-hydroxylation sites is 1. The first-order valence-corrected chi connectivity index (χ1v) is 10.5. The second-order valence-electron chi connectivity index (χ2n) is 7.74. The molecule has 0 spiro atoms. The van der Waals surface area contributed by atoms with E-state index in [1.54, 1.807) is 6.20 Å². The molecule has 0 radical (unpaired) electrons. The van der Waals surface area contributed by atoms with Crippen LogP contribution in [0.3, 0.4) is 0 Å². The van der Waals surface area contributed by atoms with Crippen molar-refractivity contribution < 1.29 is 0 Å². The molecular formula is C23H23ClN6. The Morgan fingerprint density at radius 3 is 2.87 bits per heavy atom. The van der Waals surface area contributed by atoms with E-state index in [9.17, 15) is 0 Å². The number of hydrogen-bond donors (Lipinski definition) is 3. The summed E-state index contributed by atoms with van der Waals surface area (Å²) in [5.74, 6) is 0.610. The number of halogens is 1. The highest BCUT2D eigenvalue weighted by Gasteiger charge is 2.23. The largest absolute Gasteiger partial charge is 0.399 e. The molecular weight excluding hydrogens is 396 g/mol. The van der Waals surface area contributed by atoms with E-state index in [2.05, 4.69) is 38.4 Å². The number of aromatic amines is 1. The number of benzene rings is 2. The normalized spacial score (nSPS) is 16.9. The lowest BCUT2D eigenvalue weighted by Gasteiger charge is -2.17. The Morgan fingerprint density at radius 1 is 1.17 bits per heavy atom. The smallest absolute Gasteiger partial charge is 0.223 e. The molecule has 152 valence electrons. The molecule has 1 saturated heterocycles. The lowest BCUT2D eigenvalue weighted by Crippen LogP contribution is -2.26. The van der Waals surface area contributed by atoms with E-state index < -0.39 is 0 Å². The fourth-order valence-corrected chi connectivity index (χ4v) is 4.24. The van der Waals surface area contributed by atoms with Crippen LogP contribution in [0.5, 0.6) is 0 Å². The van der Waals surface area contributed by atoms with Crippen molar-refractivity contribution in [2.75, 3.05) is 24.1 Å². The van der Waals surface area contributed by atoms with Crippen LogP contribution in [-0.2, 0) is 6.54 Å². The number of fused-ring (bicyclic) bond motifs is 1. The molecule has 7 heteroatoms. The predicted octanol–water partition coefficient (Wildman–Crippen LogP) is 4.55. The number of H-pyrrole nitrogens is 1. The highest BCUT2D eigenvalue weighted by atomic mass is 35.5. The van der Waals surface area contributed by atoms with Gasteiger partial charge in [-0.15, -0.1) is 0 Å². The standard InChI is InChI=1S/C23H23ClN6/c24-20-12-27-23(29-22(20)19-11-26-21-4-2-1-3-18(19)21)28-17-9-10-30(14-17)13-15-5-7-16(25)8-6-15/h1-8,11-12,17,26H,9-10,13-14,25H2,(H,27,28,29)/t17-/m1/s1. The number of nitrogen functional groups attached to an aromatic ring is 1. The summed E-state index contributed by atoms with van der Waals surface area (Å²) in [5, 5.41) is 5.13. The third-order valence-electron chi connectivity index (χ3n) is 5.58. The molecule has 6 nitrogen and oxygen atoms in total. The highest BCUT2D eigenvalue weighted by molar-refractivity contribution is 6.33. The lowest BCUT2D eigenvalue weighted by atomic mass is 10.1. The molecule has 1 aliphatic rings. The lowest BCUT2D eigenvalue weighted by molar-refractivity contribution is 0.328. The van der Waals surface area contributed by atoms with Crippen LogP contribution in [0.2, 0.25) is 5.02 Å². The summed E-state index contributed by atoms with van der Waals surface area (Å²) in [6.07, 6.45) is 4.67. The van der Waals surface area contributed by atoms with Crippen molar-refractivity contribution in [3.05, 3.63) is 71.5 Å². The van der Waals surface area contributed by atoms with Gasteiger partial charge in [0.15, 0.2) is 0 Å². The van der Waals surface area contributed by atoms with Gasteiger partial charge in [-0.2, -0.15) is 0 Å². The van der Waals surface area contributed by atoms with Gasteiger partial charge in [-0.05, 0) is 30.2 Å². The van der Waals surface area contributed by atoms with Gasteiger partial charge in [0.25, 0.3) is 0 Å². The number of nitrogens with zero attached hydrogens (tertiary/aromatic N) is 3. The number of nitrogens with two attached hydrogens (primary N) is 1. The van der Waals surface area contributed by atoms with Gasteiger partial charge in [-0.3, -0.25) is 4.90 Å². The first-order chi connectivity index (χ1) is 14.7. The van der Waals surface area contributed by atoms with Crippen LogP contribution in [-0.4, -0.2) is 39.0 Å². The molecule has 4 N–H and O–H groups in total. The van der Waals surface area contributed by atoms with Gasteiger partial charge in [-0.1, -0.05) is 41.9 Å². The fraction of sp³-hybridized carbons (Fsp3) is 0.217. The Hall–Kier alpha value is -3.09. The number of likely N-dealkylation sites (tertiary alicyclic amines) is 1. The molecule has 4 aromatic rings. The van der Waals surface area contributed by atoms with E-state index in [1.807, 2.05) is 36.5 Å². The average molecular weight is 419 g/mol. The predicted molar refractivity (Wildman–Crippen MR) is 122 cm³/mol. The Bertz CT molecular complexity index is 1170. The van der Waals surface area contributed by atoms with Crippen molar-refractivity contribution in [3.63, 3.8) is 0 Å². The van der Waals surface area contributed by atoms with Gasteiger partial charge in [0.2, 0.25) is 5.95 Å². The van der Waals surface area contributed by atoms with E-state index in [4.69, 9.17) is 22.3 Å². The van der Waals surface area contributed by atoms with E-state index in [0.29, 0.717) is 17.0 Å². The summed E-state index contributed by atoms with van der Waals surface area (Å²) >= 11 is 6.45. The van der Waals surface area contributed by atoms with Crippen molar-refractivity contribution >= 4 is 34.1 Å². The van der Waals surface area contributed by atoms with Crippen molar-refractivity contribution in [3.8, 4) is 11.3 Å². The van der Waals surface area contributed by atoms with Gasteiger partial charge < -0.3 is 16.0 Å². The van der Waals surface area contributed by atoms with Crippen molar-refractivity contribution in [1.82, 2.24) is 19.9 Å². The van der Waals surface area contributed by atoms with Crippen LogP contribution in [0.15, 0.2) is 60.9 Å². The van der Waals surface area contributed by atoms with Gasteiger partial charge in [0, 0.05) is 54.0 Å².